The van der Waals surface area contributed by atoms with Crippen LogP contribution >= 0.6 is 24.0 Å². The molecule has 0 spiro atoms. The van der Waals surface area contributed by atoms with Crippen molar-refractivity contribution in [3.8, 4) is 5.75 Å². The first-order chi connectivity index (χ1) is 12.6. The Labute approximate surface area is 182 Å². The first kappa shape index (κ1) is 24.0. The van der Waals surface area contributed by atoms with Gasteiger partial charge in [0.2, 0.25) is 0 Å². The van der Waals surface area contributed by atoms with Crippen LogP contribution in [0.2, 0.25) is 0 Å². The fourth-order valence-corrected chi connectivity index (χ4v) is 3.41. The minimum absolute atomic E-state index is 0. The van der Waals surface area contributed by atoms with Crippen molar-refractivity contribution in [2.24, 2.45) is 10.9 Å². The lowest BCUT2D eigenvalue weighted by atomic mass is 9.99. The Morgan fingerprint density at radius 1 is 1.22 bits per heavy atom. The van der Waals surface area contributed by atoms with Crippen molar-refractivity contribution in [2.45, 2.75) is 39.2 Å². The summed E-state index contributed by atoms with van der Waals surface area (Å²) in [6, 6.07) is 8.20. The number of hydrogen-bond donors (Lipinski definition) is 1. The van der Waals surface area contributed by atoms with Gasteiger partial charge in [0, 0.05) is 27.2 Å². The van der Waals surface area contributed by atoms with E-state index in [0.29, 0.717) is 0 Å². The molecule has 1 saturated heterocycles. The maximum Gasteiger partial charge on any atom is 0.193 e. The van der Waals surface area contributed by atoms with Crippen molar-refractivity contribution in [1.82, 2.24) is 15.1 Å². The summed E-state index contributed by atoms with van der Waals surface area (Å²) in [4.78, 5) is 9.19. The number of likely N-dealkylation sites (tertiary alicyclic amines) is 1. The van der Waals surface area contributed by atoms with Crippen molar-refractivity contribution in [2.75, 3.05) is 47.4 Å². The van der Waals surface area contributed by atoms with Gasteiger partial charge in [-0.1, -0.05) is 19.1 Å². The first-order valence-corrected chi connectivity index (χ1v) is 9.89. The Morgan fingerprint density at radius 3 is 2.48 bits per heavy atom. The van der Waals surface area contributed by atoms with E-state index in [1.54, 1.807) is 7.11 Å². The zero-order chi connectivity index (χ0) is 18.8. The Balaban J connectivity index is 0.00000364. The second-order valence-electron chi connectivity index (χ2n) is 7.41. The highest BCUT2D eigenvalue weighted by molar-refractivity contribution is 14.0. The minimum atomic E-state index is 0. The average Bonchev–Trinajstić information content (AvgIpc) is 2.66. The highest BCUT2D eigenvalue weighted by Gasteiger charge is 2.14. The van der Waals surface area contributed by atoms with Gasteiger partial charge in [-0.3, -0.25) is 4.99 Å². The molecular formula is C21H37IN4O. The number of nitrogens with zero attached hydrogens (tertiary/aromatic N) is 3. The summed E-state index contributed by atoms with van der Waals surface area (Å²) in [7, 11) is 5.62. The second kappa shape index (κ2) is 13.2. The lowest BCUT2D eigenvalue weighted by Gasteiger charge is -2.30. The lowest BCUT2D eigenvalue weighted by molar-refractivity contribution is 0.189. The van der Waals surface area contributed by atoms with Gasteiger partial charge in [0.25, 0.3) is 0 Å². The van der Waals surface area contributed by atoms with Crippen LogP contribution in [-0.2, 0) is 6.54 Å². The van der Waals surface area contributed by atoms with Gasteiger partial charge in [0.05, 0.1) is 7.11 Å². The topological polar surface area (TPSA) is 40.1 Å². The summed E-state index contributed by atoms with van der Waals surface area (Å²) in [5.74, 6) is 2.76. The van der Waals surface area contributed by atoms with E-state index in [0.717, 1.165) is 30.7 Å². The monoisotopic (exact) mass is 488 g/mol. The van der Waals surface area contributed by atoms with Crippen LogP contribution in [0, 0.1) is 5.92 Å². The Kier molecular flexibility index (Phi) is 11.7. The van der Waals surface area contributed by atoms with Gasteiger partial charge in [0.1, 0.15) is 5.75 Å². The van der Waals surface area contributed by atoms with Crippen molar-refractivity contribution < 1.29 is 4.74 Å². The number of halogens is 1. The largest absolute Gasteiger partial charge is 0.497 e. The zero-order valence-electron chi connectivity index (χ0n) is 17.4. The van der Waals surface area contributed by atoms with E-state index < -0.39 is 0 Å². The molecule has 1 aliphatic rings. The number of methoxy groups -OCH3 is 1. The summed E-state index contributed by atoms with van der Waals surface area (Å²) >= 11 is 0. The fourth-order valence-electron chi connectivity index (χ4n) is 3.41. The molecule has 0 bridgehead atoms. The molecule has 1 N–H and O–H groups in total. The summed E-state index contributed by atoms with van der Waals surface area (Å²) in [6.07, 6.45) is 5.16. The van der Waals surface area contributed by atoms with Crippen LogP contribution < -0.4 is 10.1 Å². The maximum atomic E-state index is 5.21. The minimum Gasteiger partial charge on any atom is -0.497 e. The van der Waals surface area contributed by atoms with Crippen LogP contribution in [0.3, 0.4) is 0 Å². The molecular weight excluding hydrogens is 451 g/mol. The van der Waals surface area contributed by atoms with E-state index >= 15 is 0 Å². The number of aliphatic imine (C=N–C) groups is 1. The standard InChI is InChI=1S/C21H36N4O.HI/c1-18-11-15-25(16-12-18)14-6-5-13-23-21(22-2)24(3)17-19-7-9-20(26-4)10-8-19;/h7-10,18H,5-6,11-17H2,1-4H3,(H,22,23);1H. The van der Waals surface area contributed by atoms with E-state index in [1.807, 2.05) is 19.2 Å². The molecule has 1 aromatic carbocycles. The van der Waals surface area contributed by atoms with Crippen LogP contribution in [0.4, 0.5) is 0 Å². The molecule has 27 heavy (non-hydrogen) atoms. The van der Waals surface area contributed by atoms with Gasteiger partial charge in [-0.05, 0) is 68.9 Å². The maximum absolute atomic E-state index is 5.21. The number of piperidine rings is 1. The van der Waals surface area contributed by atoms with E-state index in [1.165, 1.54) is 50.9 Å². The smallest absolute Gasteiger partial charge is 0.193 e. The summed E-state index contributed by atoms with van der Waals surface area (Å²) in [6.45, 7) is 7.96. The van der Waals surface area contributed by atoms with Gasteiger partial charge in [-0.25, -0.2) is 0 Å². The normalized spacial score (nSPS) is 15.9. The third-order valence-corrected chi connectivity index (χ3v) is 5.21. The molecule has 5 nitrogen and oxygen atoms in total. The van der Waals surface area contributed by atoms with Crippen LogP contribution in [0.25, 0.3) is 0 Å². The number of guanidine groups is 1. The molecule has 0 radical (unpaired) electrons. The highest BCUT2D eigenvalue weighted by Crippen LogP contribution is 2.16. The molecule has 2 rings (SSSR count). The van der Waals surface area contributed by atoms with Crippen LogP contribution in [0.15, 0.2) is 29.3 Å². The van der Waals surface area contributed by atoms with Gasteiger partial charge in [0.15, 0.2) is 5.96 Å². The third kappa shape index (κ3) is 8.68. The quantitative estimate of drug-likeness (QED) is 0.261. The Morgan fingerprint density at radius 2 is 1.89 bits per heavy atom. The molecule has 0 aromatic heterocycles. The van der Waals surface area contributed by atoms with Crippen molar-refractivity contribution in [3.63, 3.8) is 0 Å². The molecule has 6 heteroatoms. The third-order valence-electron chi connectivity index (χ3n) is 5.21. The molecule has 1 aliphatic heterocycles. The van der Waals surface area contributed by atoms with Gasteiger partial charge in [-0.2, -0.15) is 0 Å². The predicted octanol–water partition coefficient (Wildman–Crippen LogP) is 3.83. The van der Waals surface area contributed by atoms with Crippen molar-refractivity contribution in [3.05, 3.63) is 29.8 Å². The number of ether oxygens (including phenoxy) is 1. The molecule has 154 valence electrons. The fraction of sp³-hybridized carbons (Fsp3) is 0.667. The Bertz CT molecular complexity index is 542. The number of benzene rings is 1. The molecule has 1 heterocycles. The summed E-state index contributed by atoms with van der Waals surface area (Å²) < 4.78 is 5.21. The molecule has 0 amide bonds. The van der Waals surface area contributed by atoms with E-state index in [-0.39, 0.29) is 24.0 Å². The first-order valence-electron chi connectivity index (χ1n) is 9.89. The number of unbranched alkanes of at least 4 members (excludes halogenated alkanes) is 1. The molecule has 0 unspecified atom stereocenters. The predicted molar refractivity (Wildman–Crippen MR) is 125 cm³/mol. The van der Waals surface area contributed by atoms with Crippen LogP contribution in [0.1, 0.15) is 38.2 Å². The SMILES string of the molecule is CN=C(NCCCCN1CCC(C)CC1)N(C)Cc1ccc(OC)cc1.I. The Hall–Kier alpha value is -1.02. The van der Waals surface area contributed by atoms with Crippen molar-refractivity contribution in [1.29, 1.82) is 0 Å². The molecule has 0 saturated carbocycles. The van der Waals surface area contributed by atoms with Crippen LogP contribution in [0.5, 0.6) is 5.75 Å². The van der Waals surface area contributed by atoms with E-state index in [9.17, 15) is 0 Å². The molecule has 1 aromatic rings. The second-order valence-corrected chi connectivity index (χ2v) is 7.41. The number of rotatable bonds is 8. The summed E-state index contributed by atoms with van der Waals surface area (Å²) in [5.41, 5.74) is 1.25. The van der Waals surface area contributed by atoms with Crippen molar-refractivity contribution >= 4 is 29.9 Å². The van der Waals surface area contributed by atoms with Gasteiger partial charge >= 0.3 is 0 Å². The lowest BCUT2D eigenvalue weighted by Crippen LogP contribution is -2.39. The average molecular weight is 488 g/mol. The number of nitrogens with one attached hydrogen (secondary N) is 1. The van der Waals surface area contributed by atoms with Gasteiger partial charge in [-0.15, -0.1) is 24.0 Å². The van der Waals surface area contributed by atoms with E-state index in [4.69, 9.17) is 4.74 Å². The molecule has 0 atom stereocenters. The van der Waals surface area contributed by atoms with E-state index in [2.05, 4.69) is 46.2 Å². The zero-order valence-corrected chi connectivity index (χ0v) is 19.7. The van der Waals surface area contributed by atoms with Gasteiger partial charge < -0.3 is 19.9 Å². The van der Waals surface area contributed by atoms with Crippen LogP contribution in [-0.4, -0.2) is 63.1 Å². The number of hydrogen-bond acceptors (Lipinski definition) is 3. The molecule has 0 aliphatic carbocycles. The molecule has 1 fully saturated rings. The highest BCUT2D eigenvalue weighted by atomic mass is 127. The summed E-state index contributed by atoms with van der Waals surface area (Å²) in [5, 5.41) is 3.49.